The van der Waals surface area contributed by atoms with Crippen molar-refractivity contribution in [3.8, 4) is 0 Å². The highest BCUT2D eigenvalue weighted by Gasteiger charge is 2.35. The van der Waals surface area contributed by atoms with Crippen LogP contribution in [-0.2, 0) is 21.4 Å². The molecule has 2 aromatic heterocycles. The number of aromatic nitrogens is 1. The Labute approximate surface area is 198 Å². The van der Waals surface area contributed by atoms with Crippen LogP contribution in [0.1, 0.15) is 40.3 Å². The van der Waals surface area contributed by atoms with Gasteiger partial charge in [0.05, 0.1) is 0 Å². The Balaban J connectivity index is 1.38. The van der Waals surface area contributed by atoms with Crippen molar-refractivity contribution < 1.29 is 17.7 Å². The molecule has 0 aliphatic carbocycles. The number of hydrogen-bond donors (Lipinski definition) is 1. The van der Waals surface area contributed by atoms with Gasteiger partial charge < -0.3 is 9.84 Å². The number of carbonyl (C=O) groups is 1. The Kier molecular flexibility index (Phi) is 7.11. The first-order valence-electron chi connectivity index (χ1n) is 10.9. The summed E-state index contributed by atoms with van der Waals surface area (Å²) in [5, 5.41) is 8.81. The number of carbonyl (C=O) groups excluding carboxylic acids is 1. The van der Waals surface area contributed by atoms with Gasteiger partial charge in [0.2, 0.25) is 15.9 Å². The lowest BCUT2D eigenvalue weighted by Gasteiger charge is -2.30. The molecule has 3 aromatic rings. The topological polar surface area (TPSA) is 92.5 Å². The van der Waals surface area contributed by atoms with Crippen molar-refractivity contribution in [1.82, 2.24) is 14.8 Å². The van der Waals surface area contributed by atoms with Crippen molar-refractivity contribution in [2.45, 2.75) is 38.1 Å². The molecule has 9 heteroatoms. The fourth-order valence-electron chi connectivity index (χ4n) is 3.87. The summed E-state index contributed by atoms with van der Waals surface area (Å²) in [6, 6.07) is 11.9. The third kappa shape index (κ3) is 5.43. The van der Waals surface area contributed by atoms with E-state index in [1.165, 1.54) is 9.87 Å². The van der Waals surface area contributed by atoms with Crippen molar-refractivity contribution in [2.24, 2.45) is 5.92 Å². The number of sulfonamides is 1. The minimum Gasteiger partial charge on any atom is -0.355 e. The summed E-state index contributed by atoms with van der Waals surface area (Å²) < 4.78 is 33.5. The van der Waals surface area contributed by atoms with E-state index in [0.717, 1.165) is 10.4 Å². The molecule has 1 aliphatic rings. The van der Waals surface area contributed by atoms with Crippen LogP contribution in [0.4, 0.5) is 0 Å². The maximum atomic E-state index is 13.4. The number of amides is 1. The van der Waals surface area contributed by atoms with E-state index in [0.29, 0.717) is 25.1 Å². The lowest BCUT2D eigenvalue weighted by molar-refractivity contribution is -0.126. The number of hydrogen-bond acceptors (Lipinski definition) is 6. The normalized spacial score (nSPS) is 15.8. The summed E-state index contributed by atoms with van der Waals surface area (Å²) in [4.78, 5) is 13.7. The van der Waals surface area contributed by atoms with Crippen molar-refractivity contribution in [3.63, 3.8) is 0 Å². The van der Waals surface area contributed by atoms with Crippen molar-refractivity contribution >= 4 is 39.4 Å². The minimum absolute atomic E-state index is 0.0339. The molecule has 1 fully saturated rings. The van der Waals surface area contributed by atoms with Crippen molar-refractivity contribution in [2.75, 3.05) is 13.1 Å². The molecule has 0 spiro atoms. The van der Waals surface area contributed by atoms with E-state index in [-0.39, 0.29) is 35.6 Å². The molecule has 4 rings (SSSR count). The molecule has 1 amide bonds. The molecule has 0 bridgehead atoms. The number of benzene rings is 1. The first-order valence-corrected chi connectivity index (χ1v) is 13.2. The second-order valence-corrected chi connectivity index (χ2v) is 11.0. The van der Waals surface area contributed by atoms with Crippen LogP contribution in [0.25, 0.3) is 12.2 Å². The smallest absolute Gasteiger partial charge is 0.248 e. The first kappa shape index (κ1) is 23.4. The van der Waals surface area contributed by atoms with Crippen LogP contribution in [0.15, 0.2) is 51.2 Å². The molecular weight excluding hydrogens is 458 g/mol. The average molecular weight is 486 g/mol. The van der Waals surface area contributed by atoms with Gasteiger partial charge in [-0.15, -0.1) is 11.3 Å². The van der Waals surface area contributed by atoms with Gasteiger partial charge in [-0.1, -0.05) is 41.1 Å². The fourth-order valence-corrected chi connectivity index (χ4v) is 6.21. The fraction of sp³-hybridized carbons (Fsp3) is 0.333. The van der Waals surface area contributed by atoms with Gasteiger partial charge in [0.25, 0.3) is 0 Å². The standard InChI is InChI=1S/C24H27N3O4S2/c1-17-5-7-19(8-6-17)16-25-24(28)20-11-13-27(14-12-20)33(29,30)23-18(2)26-31-22(23)10-9-21-4-3-15-32-21/h3-10,15,20H,11-14,16H2,1-2H3,(H,25,28). The molecule has 7 nitrogen and oxygen atoms in total. The molecule has 3 heterocycles. The zero-order chi connectivity index (χ0) is 23.4. The second kappa shape index (κ2) is 10.0. The van der Waals surface area contributed by atoms with E-state index in [1.807, 2.05) is 54.8 Å². The van der Waals surface area contributed by atoms with Gasteiger partial charge in [0, 0.05) is 30.4 Å². The average Bonchev–Trinajstić information content (AvgIpc) is 3.47. The van der Waals surface area contributed by atoms with Gasteiger partial charge in [-0.2, -0.15) is 4.31 Å². The van der Waals surface area contributed by atoms with E-state index in [4.69, 9.17) is 4.52 Å². The van der Waals surface area contributed by atoms with Gasteiger partial charge in [-0.05, 0) is 55.9 Å². The summed E-state index contributed by atoms with van der Waals surface area (Å²) >= 11 is 1.55. The summed E-state index contributed by atoms with van der Waals surface area (Å²) in [6.07, 6.45) is 4.41. The summed E-state index contributed by atoms with van der Waals surface area (Å²) in [6.45, 7) is 4.68. The van der Waals surface area contributed by atoms with Crippen LogP contribution in [0, 0.1) is 19.8 Å². The molecule has 33 heavy (non-hydrogen) atoms. The highest BCUT2D eigenvalue weighted by Crippen LogP contribution is 2.29. The summed E-state index contributed by atoms with van der Waals surface area (Å²) in [5.74, 6) is -0.0177. The SMILES string of the molecule is Cc1ccc(CNC(=O)C2CCN(S(=O)(=O)c3c(C)noc3C=Cc3cccs3)CC2)cc1. The van der Waals surface area contributed by atoms with Crippen LogP contribution >= 0.6 is 11.3 Å². The number of aryl methyl sites for hydroxylation is 2. The van der Waals surface area contributed by atoms with E-state index in [2.05, 4.69) is 10.5 Å². The minimum atomic E-state index is -3.78. The Morgan fingerprint density at radius 1 is 1.18 bits per heavy atom. The molecule has 0 saturated carbocycles. The molecule has 0 radical (unpaired) electrons. The van der Waals surface area contributed by atoms with Gasteiger partial charge in [0.1, 0.15) is 5.69 Å². The lowest BCUT2D eigenvalue weighted by atomic mass is 9.97. The largest absolute Gasteiger partial charge is 0.355 e. The van der Waals surface area contributed by atoms with Crippen LogP contribution in [-0.4, -0.2) is 36.9 Å². The van der Waals surface area contributed by atoms with Gasteiger partial charge in [-0.25, -0.2) is 8.42 Å². The number of thiophene rings is 1. The van der Waals surface area contributed by atoms with E-state index >= 15 is 0 Å². The quantitative estimate of drug-likeness (QED) is 0.540. The highest BCUT2D eigenvalue weighted by molar-refractivity contribution is 7.89. The molecule has 174 valence electrons. The lowest BCUT2D eigenvalue weighted by Crippen LogP contribution is -2.43. The number of nitrogens with zero attached hydrogens (tertiary/aromatic N) is 2. The van der Waals surface area contributed by atoms with Gasteiger partial charge in [-0.3, -0.25) is 4.79 Å². The van der Waals surface area contributed by atoms with Gasteiger partial charge >= 0.3 is 0 Å². The molecule has 0 atom stereocenters. The molecule has 0 unspecified atom stereocenters. The zero-order valence-corrected chi connectivity index (χ0v) is 20.3. The van der Waals surface area contributed by atoms with Crippen LogP contribution in [0.3, 0.4) is 0 Å². The molecule has 1 saturated heterocycles. The van der Waals surface area contributed by atoms with E-state index in [9.17, 15) is 13.2 Å². The van der Waals surface area contributed by atoms with Crippen molar-refractivity contribution in [3.05, 3.63) is 69.2 Å². The van der Waals surface area contributed by atoms with E-state index < -0.39 is 10.0 Å². The van der Waals surface area contributed by atoms with Crippen LogP contribution in [0.5, 0.6) is 0 Å². The number of rotatable bonds is 7. The molecule has 1 N–H and O–H groups in total. The number of nitrogens with one attached hydrogen (secondary N) is 1. The Morgan fingerprint density at radius 3 is 2.58 bits per heavy atom. The number of piperidine rings is 1. The highest BCUT2D eigenvalue weighted by atomic mass is 32.2. The third-order valence-electron chi connectivity index (χ3n) is 5.79. The summed E-state index contributed by atoms with van der Waals surface area (Å²) in [7, 11) is -3.78. The van der Waals surface area contributed by atoms with Crippen LogP contribution < -0.4 is 5.32 Å². The molecule has 1 aliphatic heterocycles. The Bertz CT molecular complexity index is 1220. The van der Waals surface area contributed by atoms with Crippen molar-refractivity contribution in [1.29, 1.82) is 0 Å². The van der Waals surface area contributed by atoms with Gasteiger partial charge in [0.15, 0.2) is 10.7 Å². The Morgan fingerprint density at radius 2 is 1.91 bits per heavy atom. The maximum absolute atomic E-state index is 13.4. The summed E-state index contributed by atoms with van der Waals surface area (Å²) in [5.41, 5.74) is 2.55. The zero-order valence-electron chi connectivity index (χ0n) is 18.7. The Hall–Kier alpha value is -2.75. The monoisotopic (exact) mass is 485 g/mol. The third-order valence-corrected chi connectivity index (χ3v) is 8.68. The molecule has 1 aromatic carbocycles. The predicted molar refractivity (Wildman–Crippen MR) is 129 cm³/mol. The maximum Gasteiger partial charge on any atom is 0.248 e. The molecular formula is C24H27N3O4S2. The second-order valence-electron chi connectivity index (χ2n) is 8.19. The predicted octanol–water partition coefficient (Wildman–Crippen LogP) is 4.24. The first-order chi connectivity index (χ1) is 15.8. The van der Waals surface area contributed by atoms with Crippen LogP contribution in [0.2, 0.25) is 0 Å². The van der Waals surface area contributed by atoms with E-state index in [1.54, 1.807) is 24.3 Å².